The molecule has 130 valence electrons. The molecule has 5 nitrogen and oxygen atoms in total. The maximum absolute atomic E-state index is 12.9. The SMILES string of the molecule is CC1CC(CN)CN1C(=O)C1CC(=O)N(C(C)c2ccccc2)C1. The molecule has 1 aromatic rings. The normalized spacial score (nSPS) is 28.5. The number of nitrogens with zero attached hydrogens (tertiary/aromatic N) is 2. The molecular weight excluding hydrogens is 302 g/mol. The van der Waals surface area contributed by atoms with E-state index in [1.165, 1.54) is 0 Å². The van der Waals surface area contributed by atoms with Crippen LogP contribution in [0.25, 0.3) is 0 Å². The lowest BCUT2D eigenvalue weighted by molar-refractivity contribution is -0.136. The first-order valence-corrected chi connectivity index (χ1v) is 8.86. The minimum Gasteiger partial charge on any atom is -0.339 e. The van der Waals surface area contributed by atoms with Crippen LogP contribution in [0, 0.1) is 11.8 Å². The average molecular weight is 329 g/mol. The van der Waals surface area contributed by atoms with Crippen LogP contribution in [0.5, 0.6) is 0 Å². The molecular formula is C19H27N3O2. The Morgan fingerprint density at radius 1 is 1.29 bits per heavy atom. The van der Waals surface area contributed by atoms with Gasteiger partial charge in [0.25, 0.3) is 0 Å². The van der Waals surface area contributed by atoms with Crippen LogP contribution in [0.3, 0.4) is 0 Å². The summed E-state index contributed by atoms with van der Waals surface area (Å²) in [5, 5.41) is 0. The highest BCUT2D eigenvalue weighted by Crippen LogP contribution is 2.31. The standard InChI is InChI=1S/C19H27N3O2/c1-13-8-15(10-20)11-21(13)19(24)17-9-18(23)22(12-17)14(2)16-6-4-3-5-7-16/h3-7,13-15,17H,8-12,20H2,1-2H3. The first kappa shape index (κ1) is 17.0. The molecule has 2 saturated heterocycles. The summed E-state index contributed by atoms with van der Waals surface area (Å²) in [6, 6.07) is 10.2. The molecule has 4 atom stereocenters. The lowest BCUT2D eigenvalue weighted by atomic mass is 10.1. The van der Waals surface area contributed by atoms with Crippen molar-refractivity contribution in [1.29, 1.82) is 0 Å². The van der Waals surface area contributed by atoms with Gasteiger partial charge in [-0.05, 0) is 38.3 Å². The maximum Gasteiger partial charge on any atom is 0.228 e. The Labute approximate surface area is 143 Å². The zero-order chi connectivity index (χ0) is 17.3. The molecule has 0 saturated carbocycles. The van der Waals surface area contributed by atoms with E-state index in [9.17, 15) is 9.59 Å². The molecule has 2 N–H and O–H groups in total. The third kappa shape index (κ3) is 3.18. The minimum atomic E-state index is -0.220. The lowest BCUT2D eigenvalue weighted by Crippen LogP contribution is -2.40. The fraction of sp³-hybridized carbons (Fsp3) is 0.579. The van der Waals surface area contributed by atoms with Crippen molar-refractivity contribution in [2.24, 2.45) is 17.6 Å². The molecule has 2 fully saturated rings. The van der Waals surface area contributed by atoms with Crippen LogP contribution >= 0.6 is 0 Å². The van der Waals surface area contributed by atoms with Crippen molar-refractivity contribution in [3.05, 3.63) is 35.9 Å². The van der Waals surface area contributed by atoms with E-state index in [-0.39, 0.29) is 29.8 Å². The van der Waals surface area contributed by atoms with Gasteiger partial charge in [-0.25, -0.2) is 0 Å². The molecule has 2 aliphatic rings. The highest BCUT2D eigenvalue weighted by molar-refractivity contribution is 5.89. The number of hydrogen-bond acceptors (Lipinski definition) is 3. The van der Waals surface area contributed by atoms with Crippen molar-refractivity contribution in [3.63, 3.8) is 0 Å². The summed E-state index contributed by atoms with van der Waals surface area (Å²) in [6.07, 6.45) is 1.29. The molecule has 0 aliphatic carbocycles. The van der Waals surface area contributed by atoms with Gasteiger partial charge in [-0.3, -0.25) is 9.59 Å². The maximum atomic E-state index is 12.9. The largest absolute Gasteiger partial charge is 0.339 e. The molecule has 24 heavy (non-hydrogen) atoms. The Bertz CT molecular complexity index is 604. The summed E-state index contributed by atoms with van der Waals surface area (Å²) >= 11 is 0. The van der Waals surface area contributed by atoms with Gasteiger partial charge < -0.3 is 15.5 Å². The predicted octanol–water partition coefficient (Wildman–Crippen LogP) is 1.79. The van der Waals surface area contributed by atoms with Crippen LogP contribution < -0.4 is 5.73 Å². The van der Waals surface area contributed by atoms with Crippen LogP contribution in [0.15, 0.2) is 30.3 Å². The van der Waals surface area contributed by atoms with Gasteiger partial charge in [-0.1, -0.05) is 30.3 Å². The summed E-state index contributed by atoms with van der Waals surface area (Å²) in [6.45, 7) is 5.98. The molecule has 5 heteroatoms. The summed E-state index contributed by atoms with van der Waals surface area (Å²) < 4.78 is 0. The fourth-order valence-corrected chi connectivity index (χ4v) is 4.04. The van der Waals surface area contributed by atoms with Gasteiger partial charge in [0.2, 0.25) is 11.8 Å². The smallest absolute Gasteiger partial charge is 0.228 e. The van der Waals surface area contributed by atoms with E-state index in [2.05, 4.69) is 6.92 Å². The van der Waals surface area contributed by atoms with Crippen LogP contribution in [0.1, 0.15) is 38.3 Å². The number of rotatable bonds is 4. The number of nitrogens with two attached hydrogens (primary N) is 1. The van der Waals surface area contributed by atoms with Crippen molar-refractivity contribution in [3.8, 4) is 0 Å². The van der Waals surface area contributed by atoms with E-state index in [0.29, 0.717) is 25.4 Å². The van der Waals surface area contributed by atoms with Crippen molar-refractivity contribution in [1.82, 2.24) is 9.80 Å². The second kappa shape index (κ2) is 6.93. The molecule has 0 radical (unpaired) electrons. The molecule has 2 aliphatic heterocycles. The number of carbonyl (C=O) groups excluding carboxylic acids is 2. The Morgan fingerprint density at radius 3 is 2.62 bits per heavy atom. The summed E-state index contributed by atoms with van der Waals surface area (Å²) in [7, 11) is 0. The third-order valence-corrected chi connectivity index (χ3v) is 5.53. The predicted molar refractivity (Wildman–Crippen MR) is 93.0 cm³/mol. The quantitative estimate of drug-likeness (QED) is 0.916. The van der Waals surface area contributed by atoms with E-state index in [0.717, 1.165) is 18.5 Å². The van der Waals surface area contributed by atoms with Gasteiger partial charge in [0.1, 0.15) is 0 Å². The van der Waals surface area contributed by atoms with E-state index in [4.69, 9.17) is 5.73 Å². The number of amides is 2. The second-order valence-corrected chi connectivity index (χ2v) is 7.21. The highest BCUT2D eigenvalue weighted by atomic mass is 16.2. The van der Waals surface area contributed by atoms with Gasteiger partial charge >= 0.3 is 0 Å². The number of benzene rings is 1. The van der Waals surface area contributed by atoms with E-state index < -0.39 is 0 Å². The van der Waals surface area contributed by atoms with Crippen molar-refractivity contribution in [2.45, 2.75) is 38.8 Å². The van der Waals surface area contributed by atoms with Crippen molar-refractivity contribution in [2.75, 3.05) is 19.6 Å². The van der Waals surface area contributed by atoms with E-state index in [1.807, 2.05) is 47.1 Å². The number of carbonyl (C=O) groups is 2. The summed E-state index contributed by atoms with van der Waals surface area (Å²) in [4.78, 5) is 29.1. The first-order chi connectivity index (χ1) is 11.5. The Hall–Kier alpha value is -1.88. The zero-order valence-corrected chi connectivity index (χ0v) is 14.5. The molecule has 1 aromatic carbocycles. The Kier molecular flexibility index (Phi) is 4.90. The van der Waals surface area contributed by atoms with Crippen LogP contribution in [-0.4, -0.2) is 47.3 Å². The number of likely N-dealkylation sites (tertiary alicyclic amines) is 2. The van der Waals surface area contributed by atoms with Gasteiger partial charge in [-0.15, -0.1) is 0 Å². The van der Waals surface area contributed by atoms with Gasteiger partial charge in [0.15, 0.2) is 0 Å². The minimum absolute atomic E-state index is 0.00397. The van der Waals surface area contributed by atoms with E-state index >= 15 is 0 Å². The molecule has 2 heterocycles. The molecule has 3 rings (SSSR count). The van der Waals surface area contributed by atoms with Gasteiger partial charge in [0, 0.05) is 25.6 Å². The van der Waals surface area contributed by atoms with Crippen molar-refractivity contribution < 1.29 is 9.59 Å². The van der Waals surface area contributed by atoms with Gasteiger partial charge in [-0.2, -0.15) is 0 Å². The third-order valence-electron chi connectivity index (χ3n) is 5.53. The van der Waals surface area contributed by atoms with Crippen molar-refractivity contribution >= 4 is 11.8 Å². The Balaban J connectivity index is 1.67. The lowest BCUT2D eigenvalue weighted by Gasteiger charge is -2.27. The summed E-state index contributed by atoms with van der Waals surface area (Å²) in [5.74, 6) is 0.365. The Morgan fingerprint density at radius 2 is 2.00 bits per heavy atom. The van der Waals surface area contributed by atoms with Crippen LogP contribution in [0.4, 0.5) is 0 Å². The fourth-order valence-electron chi connectivity index (χ4n) is 4.04. The number of hydrogen-bond donors (Lipinski definition) is 1. The van der Waals surface area contributed by atoms with E-state index in [1.54, 1.807) is 0 Å². The first-order valence-electron chi connectivity index (χ1n) is 8.86. The van der Waals surface area contributed by atoms with Crippen LogP contribution in [0.2, 0.25) is 0 Å². The zero-order valence-electron chi connectivity index (χ0n) is 14.5. The topological polar surface area (TPSA) is 66.6 Å². The molecule has 0 aromatic heterocycles. The van der Waals surface area contributed by atoms with Crippen LogP contribution in [-0.2, 0) is 9.59 Å². The second-order valence-electron chi connectivity index (χ2n) is 7.21. The average Bonchev–Trinajstić information content (AvgIpc) is 3.17. The highest BCUT2D eigenvalue weighted by Gasteiger charge is 2.41. The molecule has 2 amide bonds. The molecule has 4 unspecified atom stereocenters. The molecule has 0 bridgehead atoms. The monoisotopic (exact) mass is 329 g/mol. The summed E-state index contributed by atoms with van der Waals surface area (Å²) in [5.41, 5.74) is 6.87. The van der Waals surface area contributed by atoms with Gasteiger partial charge in [0.05, 0.1) is 12.0 Å². The molecule has 0 spiro atoms.